The van der Waals surface area contributed by atoms with Crippen molar-refractivity contribution in [1.29, 1.82) is 0 Å². The summed E-state index contributed by atoms with van der Waals surface area (Å²) in [5.74, 6) is -1.86. The number of carboxylic acids is 1. The van der Waals surface area contributed by atoms with Gasteiger partial charge in [0.1, 0.15) is 0 Å². The van der Waals surface area contributed by atoms with Crippen LogP contribution >= 0.6 is 0 Å². The van der Waals surface area contributed by atoms with E-state index in [4.69, 9.17) is 9.84 Å². The normalized spacial score (nSPS) is 13.6. The monoisotopic (exact) mass is 268 g/mol. The minimum absolute atomic E-state index is 0.103. The summed E-state index contributed by atoms with van der Waals surface area (Å²) < 4.78 is 6.09. The molecule has 0 spiro atoms. The van der Waals surface area contributed by atoms with Gasteiger partial charge in [0.15, 0.2) is 5.54 Å². The van der Waals surface area contributed by atoms with Gasteiger partial charge in [-0.05, 0) is 13.0 Å². The fraction of sp³-hybridized carbons (Fsp3) is 0.417. The lowest BCUT2D eigenvalue weighted by Crippen LogP contribution is -2.55. The molecule has 1 aromatic rings. The number of carbonyl (C=O) groups excluding carboxylic acids is 1. The summed E-state index contributed by atoms with van der Waals surface area (Å²) in [6, 6.07) is 2.58. The second-order valence-corrected chi connectivity index (χ2v) is 4.39. The number of aryl methyl sites for hydroxylation is 1. The fourth-order valence-corrected chi connectivity index (χ4v) is 1.45. The van der Waals surface area contributed by atoms with Gasteiger partial charge in [-0.2, -0.15) is 0 Å². The summed E-state index contributed by atoms with van der Waals surface area (Å²) in [6.07, 6.45) is 1.44. The molecule has 0 fully saturated rings. The predicted molar refractivity (Wildman–Crippen MR) is 67.1 cm³/mol. The molecule has 0 aliphatic carbocycles. The van der Waals surface area contributed by atoms with Crippen LogP contribution in [0.25, 0.3) is 0 Å². The molecule has 7 nitrogen and oxygen atoms in total. The van der Waals surface area contributed by atoms with E-state index < -0.39 is 17.4 Å². The molecule has 2 N–H and O–H groups in total. The maximum absolute atomic E-state index is 11.9. The number of nitrogens with one attached hydrogen (secondary N) is 1. The number of hydrogen-bond acceptors (Lipinski definition) is 4. The van der Waals surface area contributed by atoms with E-state index in [0.29, 0.717) is 0 Å². The summed E-state index contributed by atoms with van der Waals surface area (Å²) in [5.41, 5.74) is -1.80. The number of carboxylic acid groups (broad SMARTS) is 1. The number of aromatic nitrogens is 1. The SMILES string of the molecule is COCC(C)(NC(=O)c1ccn(C)c(=O)c1)C(=O)O. The van der Waals surface area contributed by atoms with Gasteiger partial charge in [0.05, 0.1) is 6.61 Å². The molecule has 1 heterocycles. The van der Waals surface area contributed by atoms with Crippen LogP contribution in [0.3, 0.4) is 0 Å². The third kappa shape index (κ3) is 3.41. The van der Waals surface area contributed by atoms with Crippen molar-refractivity contribution in [1.82, 2.24) is 9.88 Å². The molecule has 0 aliphatic heterocycles. The number of nitrogens with zero attached hydrogens (tertiary/aromatic N) is 1. The highest BCUT2D eigenvalue weighted by Gasteiger charge is 2.35. The van der Waals surface area contributed by atoms with Crippen molar-refractivity contribution in [3.05, 3.63) is 34.2 Å². The van der Waals surface area contributed by atoms with Gasteiger partial charge in [-0.25, -0.2) is 4.79 Å². The van der Waals surface area contributed by atoms with Gasteiger partial charge < -0.3 is 19.7 Å². The van der Waals surface area contributed by atoms with Crippen LogP contribution in [0.2, 0.25) is 0 Å². The quantitative estimate of drug-likeness (QED) is 0.757. The van der Waals surface area contributed by atoms with Crippen LogP contribution < -0.4 is 10.9 Å². The number of rotatable bonds is 5. The summed E-state index contributed by atoms with van der Waals surface area (Å²) >= 11 is 0. The van der Waals surface area contributed by atoms with Crippen molar-refractivity contribution in [2.45, 2.75) is 12.5 Å². The Kier molecular flexibility index (Phi) is 4.44. The van der Waals surface area contributed by atoms with Crippen molar-refractivity contribution in [2.75, 3.05) is 13.7 Å². The van der Waals surface area contributed by atoms with Crippen molar-refractivity contribution >= 4 is 11.9 Å². The first-order valence-corrected chi connectivity index (χ1v) is 5.51. The van der Waals surface area contributed by atoms with E-state index in [2.05, 4.69) is 5.32 Å². The van der Waals surface area contributed by atoms with Gasteiger partial charge in [0.25, 0.3) is 11.5 Å². The molecular weight excluding hydrogens is 252 g/mol. The summed E-state index contributed by atoms with van der Waals surface area (Å²) in [7, 11) is 2.89. The van der Waals surface area contributed by atoms with Gasteiger partial charge in [-0.3, -0.25) is 9.59 Å². The molecule has 1 unspecified atom stereocenters. The Morgan fingerprint density at radius 1 is 1.53 bits per heavy atom. The second-order valence-electron chi connectivity index (χ2n) is 4.39. The Hall–Kier alpha value is -2.15. The number of hydrogen-bond donors (Lipinski definition) is 2. The molecule has 7 heteroatoms. The van der Waals surface area contributed by atoms with Crippen LogP contribution in [0.5, 0.6) is 0 Å². The van der Waals surface area contributed by atoms with E-state index in [-0.39, 0.29) is 17.7 Å². The Balaban J connectivity index is 2.97. The molecule has 1 atom stereocenters. The second kappa shape index (κ2) is 5.66. The maximum Gasteiger partial charge on any atom is 0.331 e. The average molecular weight is 268 g/mol. The Bertz CT molecular complexity index is 551. The lowest BCUT2D eigenvalue weighted by atomic mass is 10.0. The molecule has 0 radical (unpaired) electrons. The molecule has 0 saturated heterocycles. The standard InChI is InChI=1S/C12H16N2O5/c1-12(7-19-3,11(17)18)13-10(16)8-4-5-14(2)9(15)6-8/h4-6H,7H2,1-3H3,(H,13,16)(H,17,18). The molecule has 1 rings (SSSR count). The minimum Gasteiger partial charge on any atom is -0.479 e. The van der Waals surface area contributed by atoms with E-state index in [9.17, 15) is 14.4 Å². The molecule has 104 valence electrons. The summed E-state index contributed by atoms with van der Waals surface area (Å²) in [6.45, 7) is 1.15. The highest BCUT2D eigenvalue weighted by atomic mass is 16.5. The van der Waals surface area contributed by atoms with E-state index in [1.54, 1.807) is 7.05 Å². The smallest absolute Gasteiger partial charge is 0.331 e. The van der Waals surface area contributed by atoms with E-state index in [0.717, 1.165) is 6.07 Å². The van der Waals surface area contributed by atoms with Crippen LogP contribution in [0.4, 0.5) is 0 Å². The number of amides is 1. The first kappa shape index (κ1) is 14.9. The maximum atomic E-state index is 11.9. The van der Waals surface area contributed by atoms with Gasteiger partial charge in [0, 0.05) is 32.0 Å². The zero-order valence-electron chi connectivity index (χ0n) is 11.0. The average Bonchev–Trinajstić information content (AvgIpc) is 2.32. The van der Waals surface area contributed by atoms with Gasteiger partial charge in [0.2, 0.25) is 0 Å². The Morgan fingerprint density at radius 2 is 2.16 bits per heavy atom. The Morgan fingerprint density at radius 3 is 2.63 bits per heavy atom. The molecular formula is C12H16N2O5. The lowest BCUT2D eigenvalue weighted by Gasteiger charge is -2.25. The molecule has 0 bridgehead atoms. The van der Waals surface area contributed by atoms with Crippen LogP contribution in [0.1, 0.15) is 17.3 Å². The molecule has 0 saturated carbocycles. The van der Waals surface area contributed by atoms with Crippen LogP contribution in [0.15, 0.2) is 23.1 Å². The van der Waals surface area contributed by atoms with Crippen molar-refractivity contribution in [3.8, 4) is 0 Å². The predicted octanol–water partition coefficient (Wildman–Crippen LogP) is -0.395. The molecule has 1 aromatic heterocycles. The highest BCUT2D eigenvalue weighted by molar-refractivity contribution is 5.97. The van der Waals surface area contributed by atoms with Crippen molar-refractivity contribution in [2.24, 2.45) is 7.05 Å². The summed E-state index contributed by atoms with van der Waals surface area (Å²) in [4.78, 5) is 34.5. The number of pyridine rings is 1. The van der Waals surface area contributed by atoms with Crippen molar-refractivity contribution in [3.63, 3.8) is 0 Å². The third-order valence-corrected chi connectivity index (χ3v) is 2.66. The minimum atomic E-state index is -1.55. The van der Waals surface area contributed by atoms with Crippen LogP contribution in [0, 0.1) is 0 Å². The zero-order chi connectivity index (χ0) is 14.6. The topological polar surface area (TPSA) is 97.6 Å². The molecule has 1 amide bonds. The number of carbonyl (C=O) groups is 2. The largest absolute Gasteiger partial charge is 0.479 e. The van der Waals surface area contributed by atoms with Crippen molar-refractivity contribution < 1.29 is 19.4 Å². The molecule has 0 aromatic carbocycles. The third-order valence-electron chi connectivity index (χ3n) is 2.66. The van der Waals surface area contributed by atoms with Crippen LogP contribution in [-0.4, -0.2) is 40.8 Å². The number of aliphatic carboxylic acids is 1. The zero-order valence-corrected chi connectivity index (χ0v) is 11.0. The lowest BCUT2D eigenvalue weighted by molar-refractivity contribution is -0.145. The Labute approximate surface area is 109 Å². The van der Waals surface area contributed by atoms with Gasteiger partial charge in [-0.1, -0.05) is 0 Å². The fourth-order valence-electron chi connectivity index (χ4n) is 1.45. The first-order valence-electron chi connectivity index (χ1n) is 5.51. The van der Waals surface area contributed by atoms with Gasteiger partial charge >= 0.3 is 5.97 Å². The van der Waals surface area contributed by atoms with E-state index in [1.807, 2.05) is 0 Å². The first-order chi connectivity index (χ1) is 8.80. The molecule has 19 heavy (non-hydrogen) atoms. The number of methoxy groups -OCH3 is 1. The summed E-state index contributed by atoms with van der Waals surface area (Å²) in [5, 5.41) is 11.4. The van der Waals surface area contributed by atoms with E-state index in [1.165, 1.54) is 30.9 Å². The number of ether oxygens (including phenoxy) is 1. The van der Waals surface area contributed by atoms with Crippen LogP contribution in [-0.2, 0) is 16.6 Å². The van der Waals surface area contributed by atoms with E-state index >= 15 is 0 Å². The molecule has 0 aliphatic rings. The highest BCUT2D eigenvalue weighted by Crippen LogP contribution is 2.07. The van der Waals surface area contributed by atoms with Gasteiger partial charge in [-0.15, -0.1) is 0 Å².